The molecule has 5 rings (SSSR count). The van der Waals surface area contributed by atoms with Crippen LogP contribution in [0.25, 0.3) is 11.1 Å². The number of esters is 1. The van der Waals surface area contributed by atoms with Crippen LogP contribution in [0.1, 0.15) is 66.0 Å². The molecule has 0 saturated heterocycles. The van der Waals surface area contributed by atoms with Gasteiger partial charge in [-0.15, -0.1) is 0 Å². The van der Waals surface area contributed by atoms with Crippen molar-refractivity contribution in [2.45, 2.75) is 58.5 Å². The van der Waals surface area contributed by atoms with Crippen molar-refractivity contribution in [3.8, 4) is 28.5 Å². The Bertz CT molecular complexity index is 1400. The third-order valence-electron chi connectivity index (χ3n) is 7.45. The van der Waals surface area contributed by atoms with Crippen LogP contribution in [-0.2, 0) is 27.0 Å². The predicted molar refractivity (Wildman–Crippen MR) is 153 cm³/mol. The predicted octanol–water partition coefficient (Wildman–Crippen LogP) is 5.85. The maximum atomic E-state index is 11.9. The number of aryl methyl sites for hydroxylation is 2. The smallest absolute Gasteiger partial charge is 0.306 e. The number of carbonyl (C=O) groups is 1. The lowest BCUT2D eigenvalue weighted by Crippen LogP contribution is -2.11. The van der Waals surface area contributed by atoms with E-state index < -0.39 is 11.1 Å². The van der Waals surface area contributed by atoms with Crippen molar-refractivity contribution < 1.29 is 32.5 Å². The Morgan fingerprint density at radius 2 is 1.98 bits per heavy atom. The molecule has 3 aromatic rings. The molecule has 3 unspecified atom stereocenters. The second-order valence-corrected chi connectivity index (χ2v) is 11.3. The molecule has 8 nitrogen and oxygen atoms in total. The molecule has 40 heavy (non-hydrogen) atoms. The van der Waals surface area contributed by atoms with Crippen LogP contribution in [0.2, 0.25) is 0 Å². The van der Waals surface area contributed by atoms with Crippen LogP contribution in [0.5, 0.6) is 17.4 Å². The number of hydrogen-bond acceptors (Lipinski definition) is 7. The van der Waals surface area contributed by atoms with Gasteiger partial charge in [0.2, 0.25) is 5.88 Å². The van der Waals surface area contributed by atoms with E-state index >= 15 is 0 Å². The zero-order chi connectivity index (χ0) is 28.2. The van der Waals surface area contributed by atoms with E-state index in [2.05, 4.69) is 37.0 Å². The molecule has 0 bridgehead atoms. The largest absolute Gasteiger partial charge is 0.494 e. The van der Waals surface area contributed by atoms with Gasteiger partial charge in [-0.05, 0) is 85.5 Å². The number of nitrogens with zero attached hydrogens (tertiary/aromatic N) is 1. The molecule has 212 valence electrons. The first-order chi connectivity index (χ1) is 19.3. The topological polar surface area (TPSA) is 104 Å². The van der Waals surface area contributed by atoms with Crippen molar-refractivity contribution in [2.75, 3.05) is 25.6 Å². The number of rotatable bonds is 11. The van der Waals surface area contributed by atoms with Crippen LogP contribution in [-0.4, -0.2) is 45.3 Å². The standard InChI is InChI=1S/C31H35NO7S/c1-4-36-30(33)15-21-18-38-28-16-29(32-17-26(21)28)39-27-10-9-23-24(27)7-5-8-25(23)31-19(2)13-22(14-20(31)3)37-11-6-12-40(34)35/h5,7-8,13-14,16-17,21,27H,4,6,9-12,15,18H2,1-3H3,(H,34,35). The van der Waals surface area contributed by atoms with Gasteiger partial charge in [-0.25, -0.2) is 9.19 Å². The molecule has 0 amide bonds. The Labute approximate surface area is 237 Å². The fourth-order valence-electron chi connectivity index (χ4n) is 5.72. The van der Waals surface area contributed by atoms with E-state index in [1.54, 1.807) is 13.1 Å². The number of carbonyl (C=O) groups excluding carboxylic acids is 1. The summed E-state index contributed by atoms with van der Waals surface area (Å²) in [5, 5.41) is 0. The van der Waals surface area contributed by atoms with Crippen molar-refractivity contribution >= 4 is 17.0 Å². The van der Waals surface area contributed by atoms with Gasteiger partial charge in [0, 0.05) is 23.7 Å². The Hall–Kier alpha value is -3.43. The molecule has 0 spiro atoms. The van der Waals surface area contributed by atoms with E-state index in [0.717, 1.165) is 40.8 Å². The van der Waals surface area contributed by atoms with Crippen molar-refractivity contribution in [1.82, 2.24) is 4.98 Å². The monoisotopic (exact) mass is 565 g/mol. The van der Waals surface area contributed by atoms with Gasteiger partial charge in [-0.2, -0.15) is 0 Å². The van der Waals surface area contributed by atoms with E-state index in [4.69, 9.17) is 23.5 Å². The summed E-state index contributed by atoms with van der Waals surface area (Å²) in [5.41, 5.74) is 7.99. The maximum Gasteiger partial charge on any atom is 0.306 e. The Kier molecular flexibility index (Phi) is 8.71. The minimum Gasteiger partial charge on any atom is -0.494 e. The van der Waals surface area contributed by atoms with Crippen molar-refractivity contribution in [3.05, 3.63) is 70.4 Å². The minimum atomic E-state index is -1.80. The molecule has 0 fully saturated rings. The summed E-state index contributed by atoms with van der Waals surface area (Å²) in [6, 6.07) is 12.3. The number of aromatic nitrogens is 1. The highest BCUT2D eigenvalue weighted by atomic mass is 32.2. The molecular formula is C31H35NO7S. The quantitative estimate of drug-likeness (QED) is 0.175. The lowest BCUT2D eigenvalue weighted by atomic mass is 9.90. The van der Waals surface area contributed by atoms with Gasteiger partial charge in [0.05, 0.1) is 32.0 Å². The Morgan fingerprint density at radius 1 is 1.18 bits per heavy atom. The number of fused-ring (bicyclic) bond motifs is 2. The maximum absolute atomic E-state index is 11.9. The first-order valence-corrected chi connectivity index (χ1v) is 15.0. The first kappa shape index (κ1) is 28.1. The number of benzene rings is 2. The molecule has 2 heterocycles. The lowest BCUT2D eigenvalue weighted by molar-refractivity contribution is -0.143. The summed E-state index contributed by atoms with van der Waals surface area (Å²) >= 11 is -1.80. The van der Waals surface area contributed by atoms with Crippen LogP contribution >= 0.6 is 0 Å². The molecule has 2 aromatic carbocycles. The number of ether oxygens (including phenoxy) is 4. The molecule has 1 aliphatic carbocycles. The highest BCUT2D eigenvalue weighted by Gasteiger charge is 2.31. The molecule has 0 radical (unpaired) electrons. The van der Waals surface area contributed by atoms with E-state index in [-0.39, 0.29) is 30.2 Å². The molecule has 2 aliphatic rings. The minimum absolute atomic E-state index is 0.0558. The van der Waals surface area contributed by atoms with E-state index in [1.165, 1.54) is 16.7 Å². The second kappa shape index (κ2) is 12.4. The fraction of sp³-hybridized carbons (Fsp3) is 0.419. The van der Waals surface area contributed by atoms with Crippen molar-refractivity contribution in [2.24, 2.45) is 0 Å². The summed E-state index contributed by atoms with van der Waals surface area (Å²) in [7, 11) is 0. The van der Waals surface area contributed by atoms with Crippen LogP contribution in [0.4, 0.5) is 0 Å². The molecule has 1 N–H and O–H groups in total. The van der Waals surface area contributed by atoms with Crippen LogP contribution < -0.4 is 14.2 Å². The summed E-state index contributed by atoms with van der Waals surface area (Å²) in [4.78, 5) is 16.5. The van der Waals surface area contributed by atoms with Crippen LogP contribution in [0, 0.1) is 13.8 Å². The van der Waals surface area contributed by atoms with Gasteiger partial charge in [-0.3, -0.25) is 4.79 Å². The lowest BCUT2D eigenvalue weighted by Gasteiger charge is -2.18. The van der Waals surface area contributed by atoms with Gasteiger partial charge >= 0.3 is 5.97 Å². The van der Waals surface area contributed by atoms with Gasteiger partial charge in [-0.1, -0.05) is 18.2 Å². The summed E-state index contributed by atoms with van der Waals surface area (Å²) in [5.74, 6) is 1.92. The molecule has 9 heteroatoms. The summed E-state index contributed by atoms with van der Waals surface area (Å²) in [6.07, 6.45) is 4.19. The first-order valence-electron chi connectivity index (χ1n) is 13.7. The van der Waals surface area contributed by atoms with E-state index in [0.29, 0.717) is 37.9 Å². The molecule has 1 aromatic heterocycles. The van der Waals surface area contributed by atoms with E-state index in [1.807, 2.05) is 18.2 Å². The summed E-state index contributed by atoms with van der Waals surface area (Å²) in [6.45, 7) is 7.17. The Balaban J connectivity index is 1.31. The zero-order valence-electron chi connectivity index (χ0n) is 23.1. The summed E-state index contributed by atoms with van der Waals surface area (Å²) < 4.78 is 43.0. The Morgan fingerprint density at radius 3 is 2.73 bits per heavy atom. The average molecular weight is 566 g/mol. The third kappa shape index (κ3) is 6.15. The van der Waals surface area contributed by atoms with Gasteiger partial charge in [0.25, 0.3) is 0 Å². The van der Waals surface area contributed by atoms with Crippen LogP contribution in [0.15, 0.2) is 42.6 Å². The molecular weight excluding hydrogens is 530 g/mol. The molecule has 0 saturated carbocycles. The molecule has 3 atom stereocenters. The van der Waals surface area contributed by atoms with Crippen molar-refractivity contribution in [1.29, 1.82) is 0 Å². The van der Waals surface area contributed by atoms with Crippen LogP contribution in [0.3, 0.4) is 0 Å². The van der Waals surface area contributed by atoms with Crippen molar-refractivity contribution in [3.63, 3.8) is 0 Å². The normalized spacial score (nSPS) is 18.0. The SMILES string of the molecule is CCOC(=O)CC1COc2cc(OC3CCc4c(-c5c(C)cc(OCCCS(=O)O)cc5C)cccc43)ncc21. The highest BCUT2D eigenvalue weighted by Crippen LogP contribution is 2.43. The number of hydrogen-bond donors (Lipinski definition) is 1. The fourth-order valence-corrected chi connectivity index (χ4v) is 6.08. The second-order valence-electron chi connectivity index (χ2n) is 10.3. The number of pyridine rings is 1. The average Bonchev–Trinajstić information content (AvgIpc) is 3.50. The highest BCUT2D eigenvalue weighted by molar-refractivity contribution is 7.79. The zero-order valence-corrected chi connectivity index (χ0v) is 23.9. The molecule has 1 aliphatic heterocycles. The van der Waals surface area contributed by atoms with Gasteiger partial charge in [0.15, 0.2) is 11.1 Å². The third-order valence-corrected chi connectivity index (χ3v) is 8.09. The van der Waals surface area contributed by atoms with Gasteiger partial charge in [0.1, 0.15) is 17.6 Å². The van der Waals surface area contributed by atoms with Gasteiger partial charge < -0.3 is 23.5 Å². The van der Waals surface area contributed by atoms with E-state index in [9.17, 15) is 9.00 Å².